The summed E-state index contributed by atoms with van der Waals surface area (Å²) in [6.07, 6.45) is 0. The second-order valence-corrected chi connectivity index (χ2v) is 7.10. The Morgan fingerprint density at radius 2 is 1.46 bits per heavy atom. The summed E-state index contributed by atoms with van der Waals surface area (Å²) in [5.41, 5.74) is 6.63. The van der Waals surface area contributed by atoms with E-state index >= 15 is 0 Å². The summed E-state index contributed by atoms with van der Waals surface area (Å²) >= 11 is 5.87. The van der Waals surface area contributed by atoms with Gasteiger partial charge in [-0.2, -0.15) is 0 Å². The Hall–Kier alpha value is -2.37. The summed E-state index contributed by atoms with van der Waals surface area (Å²) in [6, 6.07) is 16.2. The van der Waals surface area contributed by atoms with Crippen molar-refractivity contribution in [3.8, 4) is 0 Å². The van der Waals surface area contributed by atoms with E-state index in [4.69, 9.17) is 17.3 Å². The molecule has 0 radical (unpaired) electrons. The standard InChI is InChI=1S/C20H22ClN3O2/c1-20(22,16-5-3-2-4-6-16)19(26)24-13-11-23(12-14-24)18(25)15-7-9-17(21)10-8-15/h2-10H,11-14,22H2,1H3. The first kappa shape index (κ1) is 18.4. The van der Waals surface area contributed by atoms with Crippen molar-refractivity contribution in [2.24, 2.45) is 5.73 Å². The fourth-order valence-electron chi connectivity index (χ4n) is 3.12. The van der Waals surface area contributed by atoms with Crippen LogP contribution in [0.2, 0.25) is 5.02 Å². The number of benzene rings is 2. The molecule has 0 spiro atoms. The van der Waals surface area contributed by atoms with E-state index in [0.717, 1.165) is 5.56 Å². The number of hydrogen-bond acceptors (Lipinski definition) is 3. The van der Waals surface area contributed by atoms with E-state index in [1.807, 2.05) is 30.3 Å². The monoisotopic (exact) mass is 371 g/mol. The van der Waals surface area contributed by atoms with Gasteiger partial charge in [0.1, 0.15) is 5.54 Å². The zero-order chi connectivity index (χ0) is 18.7. The van der Waals surface area contributed by atoms with Crippen molar-refractivity contribution in [1.29, 1.82) is 0 Å². The van der Waals surface area contributed by atoms with Gasteiger partial charge in [0, 0.05) is 36.8 Å². The molecule has 1 fully saturated rings. The maximum absolute atomic E-state index is 12.9. The molecule has 1 unspecified atom stereocenters. The quantitative estimate of drug-likeness (QED) is 0.901. The van der Waals surface area contributed by atoms with Crippen LogP contribution in [0.3, 0.4) is 0 Å². The van der Waals surface area contributed by atoms with Gasteiger partial charge in [-0.05, 0) is 36.8 Å². The van der Waals surface area contributed by atoms with Gasteiger partial charge >= 0.3 is 0 Å². The van der Waals surface area contributed by atoms with Gasteiger partial charge in [-0.3, -0.25) is 9.59 Å². The van der Waals surface area contributed by atoms with Crippen LogP contribution < -0.4 is 5.73 Å². The lowest BCUT2D eigenvalue weighted by Gasteiger charge is -2.38. The van der Waals surface area contributed by atoms with E-state index in [1.54, 1.807) is 41.0 Å². The van der Waals surface area contributed by atoms with Gasteiger partial charge in [0.05, 0.1) is 0 Å². The Balaban J connectivity index is 1.64. The molecule has 1 aliphatic rings. The lowest BCUT2D eigenvalue weighted by atomic mass is 9.91. The van der Waals surface area contributed by atoms with Gasteiger partial charge in [0.2, 0.25) is 5.91 Å². The summed E-state index contributed by atoms with van der Waals surface area (Å²) in [4.78, 5) is 28.9. The number of carbonyl (C=O) groups is 2. The minimum atomic E-state index is -1.08. The third-order valence-electron chi connectivity index (χ3n) is 4.76. The lowest BCUT2D eigenvalue weighted by molar-refractivity contribution is -0.138. The number of hydrogen-bond donors (Lipinski definition) is 1. The van der Waals surface area contributed by atoms with Crippen LogP contribution in [-0.2, 0) is 10.3 Å². The first-order valence-corrected chi connectivity index (χ1v) is 8.96. The Kier molecular flexibility index (Phi) is 5.30. The van der Waals surface area contributed by atoms with E-state index in [2.05, 4.69) is 0 Å². The third-order valence-corrected chi connectivity index (χ3v) is 5.01. The number of carbonyl (C=O) groups excluding carboxylic acids is 2. The highest BCUT2D eigenvalue weighted by Crippen LogP contribution is 2.21. The molecule has 2 N–H and O–H groups in total. The molecule has 26 heavy (non-hydrogen) atoms. The highest BCUT2D eigenvalue weighted by molar-refractivity contribution is 6.30. The Morgan fingerprint density at radius 3 is 2.04 bits per heavy atom. The van der Waals surface area contributed by atoms with Crippen LogP contribution in [-0.4, -0.2) is 47.8 Å². The van der Waals surface area contributed by atoms with Gasteiger partial charge < -0.3 is 15.5 Å². The Labute approximate surface area is 158 Å². The molecule has 1 heterocycles. The van der Waals surface area contributed by atoms with Crippen molar-refractivity contribution in [3.63, 3.8) is 0 Å². The number of amides is 2. The first-order chi connectivity index (χ1) is 12.4. The predicted molar refractivity (Wildman–Crippen MR) is 102 cm³/mol. The van der Waals surface area contributed by atoms with Crippen LogP contribution in [0.1, 0.15) is 22.8 Å². The third kappa shape index (κ3) is 3.74. The molecule has 0 bridgehead atoms. The zero-order valence-corrected chi connectivity index (χ0v) is 15.4. The zero-order valence-electron chi connectivity index (χ0n) is 14.7. The second kappa shape index (κ2) is 7.48. The van der Waals surface area contributed by atoms with Crippen LogP contribution in [0.5, 0.6) is 0 Å². The van der Waals surface area contributed by atoms with Crippen molar-refractivity contribution in [1.82, 2.24) is 9.80 Å². The van der Waals surface area contributed by atoms with E-state index in [1.165, 1.54) is 0 Å². The van der Waals surface area contributed by atoms with Crippen molar-refractivity contribution in [3.05, 3.63) is 70.7 Å². The number of rotatable bonds is 3. The fraction of sp³-hybridized carbons (Fsp3) is 0.300. The van der Waals surface area contributed by atoms with Gasteiger partial charge in [0.15, 0.2) is 0 Å². The summed E-state index contributed by atoms with van der Waals surface area (Å²) < 4.78 is 0. The highest BCUT2D eigenvalue weighted by atomic mass is 35.5. The Bertz CT molecular complexity index is 782. The van der Waals surface area contributed by atoms with Crippen LogP contribution in [0.15, 0.2) is 54.6 Å². The molecule has 1 atom stereocenters. The summed E-state index contributed by atoms with van der Waals surface area (Å²) in [5, 5.41) is 0.597. The number of halogens is 1. The summed E-state index contributed by atoms with van der Waals surface area (Å²) in [5.74, 6) is -0.172. The summed E-state index contributed by atoms with van der Waals surface area (Å²) in [7, 11) is 0. The minimum Gasteiger partial charge on any atom is -0.337 e. The molecule has 2 aromatic carbocycles. The molecule has 0 saturated carbocycles. The molecule has 6 heteroatoms. The largest absolute Gasteiger partial charge is 0.337 e. The van der Waals surface area contributed by atoms with Gasteiger partial charge in [0.25, 0.3) is 5.91 Å². The highest BCUT2D eigenvalue weighted by Gasteiger charge is 2.36. The molecule has 0 aromatic heterocycles. The molecule has 1 saturated heterocycles. The Morgan fingerprint density at radius 1 is 0.923 bits per heavy atom. The smallest absolute Gasteiger partial charge is 0.253 e. The van der Waals surface area contributed by atoms with E-state index in [0.29, 0.717) is 36.8 Å². The number of nitrogens with zero attached hydrogens (tertiary/aromatic N) is 2. The maximum Gasteiger partial charge on any atom is 0.253 e. The molecule has 2 amide bonds. The molecular weight excluding hydrogens is 350 g/mol. The molecule has 1 aliphatic heterocycles. The van der Waals surface area contributed by atoms with Crippen LogP contribution in [0.4, 0.5) is 0 Å². The van der Waals surface area contributed by atoms with E-state index in [9.17, 15) is 9.59 Å². The molecular formula is C20H22ClN3O2. The lowest BCUT2D eigenvalue weighted by Crippen LogP contribution is -2.57. The van der Waals surface area contributed by atoms with E-state index < -0.39 is 5.54 Å². The summed E-state index contributed by atoms with van der Waals surface area (Å²) in [6.45, 7) is 3.64. The maximum atomic E-state index is 12.9. The number of nitrogens with two attached hydrogens (primary N) is 1. The van der Waals surface area contributed by atoms with E-state index in [-0.39, 0.29) is 11.8 Å². The van der Waals surface area contributed by atoms with Crippen LogP contribution in [0.25, 0.3) is 0 Å². The SMILES string of the molecule is CC(N)(C(=O)N1CCN(C(=O)c2ccc(Cl)cc2)CC1)c1ccccc1. The first-order valence-electron chi connectivity index (χ1n) is 8.58. The molecule has 5 nitrogen and oxygen atoms in total. The van der Waals surface area contributed by atoms with Gasteiger partial charge in [-0.1, -0.05) is 41.9 Å². The van der Waals surface area contributed by atoms with Gasteiger partial charge in [-0.25, -0.2) is 0 Å². The molecule has 3 rings (SSSR count). The van der Waals surface area contributed by atoms with Crippen molar-refractivity contribution in [2.45, 2.75) is 12.5 Å². The van der Waals surface area contributed by atoms with Crippen LogP contribution in [0, 0.1) is 0 Å². The molecule has 0 aliphatic carbocycles. The second-order valence-electron chi connectivity index (χ2n) is 6.66. The topological polar surface area (TPSA) is 66.6 Å². The molecule has 2 aromatic rings. The average molecular weight is 372 g/mol. The number of piperazine rings is 1. The van der Waals surface area contributed by atoms with Crippen LogP contribution >= 0.6 is 11.6 Å². The normalized spacial score (nSPS) is 16.9. The molecule has 136 valence electrons. The van der Waals surface area contributed by atoms with Crippen molar-refractivity contribution >= 4 is 23.4 Å². The van der Waals surface area contributed by atoms with Crippen molar-refractivity contribution < 1.29 is 9.59 Å². The average Bonchev–Trinajstić information content (AvgIpc) is 2.68. The fourth-order valence-corrected chi connectivity index (χ4v) is 3.25. The van der Waals surface area contributed by atoms with Gasteiger partial charge in [-0.15, -0.1) is 0 Å². The minimum absolute atomic E-state index is 0.0488. The predicted octanol–water partition coefficient (Wildman–Crippen LogP) is 2.50. The van der Waals surface area contributed by atoms with Crippen molar-refractivity contribution in [2.75, 3.05) is 26.2 Å².